The summed E-state index contributed by atoms with van der Waals surface area (Å²) in [5, 5.41) is 10.6. The van der Waals surface area contributed by atoms with Crippen molar-refractivity contribution in [1.82, 2.24) is 25.8 Å². The van der Waals surface area contributed by atoms with Gasteiger partial charge < -0.3 is 30.3 Å². The molecule has 1 heterocycles. The van der Waals surface area contributed by atoms with Crippen LogP contribution in [0.15, 0.2) is 48.5 Å². The van der Waals surface area contributed by atoms with Gasteiger partial charge in [-0.3, -0.25) is 4.79 Å². The van der Waals surface area contributed by atoms with Crippen LogP contribution < -0.4 is 16.0 Å². The number of hydrogen-bond acceptors (Lipinski definition) is 7. The van der Waals surface area contributed by atoms with Crippen LogP contribution in [0.2, 0.25) is 0 Å². The predicted molar refractivity (Wildman–Crippen MR) is 170 cm³/mol. The molecule has 0 fully saturated rings. The lowest BCUT2D eigenvalue weighted by atomic mass is 10.1. The maximum absolute atomic E-state index is 13.2. The van der Waals surface area contributed by atoms with E-state index in [4.69, 9.17) is 14.5 Å². The van der Waals surface area contributed by atoms with Crippen LogP contribution in [0.1, 0.15) is 71.2 Å². The largest absolute Gasteiger partial charge is 0.444 e. The monoisotopic (exact) mass is 593 g/mol. The molecule has 0 unspecified atom stereocenters. The number of para-hydroxylation sites is 2. The van der Waals surface area contributed by atoms with Crippen molar-refractivity contribution in [3.05, 3.63) is 54.1 Å². The number of amides is 3. The third-order valence-electron chi connectivity index (χ3n) is 6.39. The number of hydrogen-bond donors (Lipinski definition) is 3. The van der Waals surface area contributed by atoms with Gasteiger partial charge in [0.1, 0.15) is 11.2 Å². The maximum atomic E-state index is 13.2. The van der Waals surface area contributed by atoms with Gasteiger partial charge in [-0.2, -0.15) is 0 Å². The highest BCUT2D eigenvalue weighted by Gasteiger charge is 2.17. The van der Waals surface area contributed by atoms with Crippen molar-refractivity contribution < 1.29 is 23.9 Å². The molecule has 0 aliphatic carbocycles. The van der Waals surface area contributed by atoms with Crippen LogP contribution in [0.5, 0.6) is 0 Å². The quantitative estimate of drug-likeness (QED) is 0.173. The zero-order chi connectivity index (χ0) is 31.5. The third kappa shape index (κ3) is 12.1. The summed E-state index contributed by atoms with van der Waals surface area (Å²) < 4.78 is 10.6. The van der Waals surface area contributed by atoms with Gasteiger partial charge in [0.05, 0.1) is 16.6 Å². The minimum atomic E-state index is -0.547. The van der Waals surface area contributed by atoms with Crippen molar-refractivity contribution in [2.24, 2.45) is 0 Å². The topological polar surface area (TPSA) is 122 Å². The Morgan fingerprint density at radius 1 is 0.698 bits per heavy atom. The number of alkyl carbamates (subject to hydrolysis) is 2. The number of benzene rings is 2. The van der Waals surface area contributed by atoms with Gasteiger partial charge in [0.25, 0.3) is 5.91 Å². The number of unbranched alkanes of at least 4 members (excludes halogenated alkanes) is 1. The smallest absolute Gasteiger partial charge is 0.407 e. The van der Waals surface area contributed by atoms with Crippen molar-refractivity contribution >= 4 is 39.9 Å². The van der Waals surface area contributed by atoms with Crippen molar-refractivity contribution in [1.29, 1.82) is 0 Å². The molecule has 0 aliphatic rings. The van der Waals surface area contributed by atoms with Gasteiger partial charge in [0, 0.05) is 37.0 Å². The first-order valence-electron chi connectivity index (χ1n) is 15.0. The van der Waals surface area contributed by atoms with E-state index < -0.39 is 23.4 Å². The average Bonchev–Trinajstić information content (AvgIpc) is 2.91. The summed E-state index contributed by atoms with van der Waals surface area (Å²) in [5.41, 5.74) is 0.997. The van der Waals surface area contributed by atoms with Crippen LogP contribution in [-0.4, -0.2) is 78.4 Å². The Labute approximate surface area is 254 Å². The summed E-state index contributed by atoms with van der Waals surface area (Å²) in [6.45, 7) is 14.6. The minimum absolute atomic E-state index is 0.165. The van der Waals surface area contributed by atoms with Gasteiger partial charge >= 0.3 is 12.2 Å². The Hall–Kier alpha value is -3.92. The highest BCUT2D eigenvalue weighted by molar-refractivity contribution is 6.07. The second-order valence-corrected chi connectivity index (χ2v) is 12.6. The Morgan fingerprint density at radius 2 is 1.30 bits per heavy atom. The van der Waals surface area contributed by atoms with Gasteiger partial charge in [-0.25, -0.2) is 14.6 Å². The fourth-order valence-corrected chi connectivity index (χ4v) is 4.52. The van der Waals surface area contributed by atoms with Crippen molar-refractivity contribution in [2.45, 2.75) is 72.0 Å². The van der Waals surface area contributed by atoms with E-state index in [1.165, 1.54) is 0 Å². The SMILES string of the molecule is CC(C)(C)OC(=O)NCCCCN(CCCNC(=O)OC(C)(C)C)CCNC(=O)c1cccc2cc3ccccc3nc12. The molecular weight excluding hydrogens is 546 g/mol. The lowest BCUT2D eigenvalue weighted by Crippen LogP contribution is -2.38. The van der Waals surface area contributed by atoms with E-state index in [9.17, 15) is 14.4 Å². The van der Waals surface area contributed by atoms with Gasteiger partial charge in [-0.1, -0.05) is 30.3 Å². The molecule has 3 amide bonds. The molecule has 0 saturated heterocycles. The molecule has 10 nitrogen and oxygen atoms in total. The summed E-state index contributed by atoms with van der Waals surface area (Å²) in [6.07, 6.45) is 1.51. The molecule has 3 aromatic rings. The van der Waals surface area contributed by atoms with Crippen molar-refractivity contribution in [3.63, 3.8) is 0 Å². The molecule has 0 bridgehead atoms. The minimum Gasteiger partial charge on any atom is -0.444 e. The first-order valence-corrected chi connectivity index (χ1v) is 15.0. The molecule has 0 spiro atoms. The molecule has 10 heteroatoms. The first kappa shape index (κ1) is 33.6. The van der Waals surface area contributed by atoms with E-state index in [1.54, 1.807) is 6.07 Å². The van der Waals surface area contributed by atoms with Gasteiger partial charge in [0.15, 0.2) is 0 Å². The van der Waals surface area contributed by atoms with Gasteiger partial charge in [-0.15, -0.1) is 0 Å². The Bertz CT molecular complexity index is 1380. The average molecular weight is 594 g/mol. The second-order valence-electron chi connectivity index (χ2n) is 12.6. The summed E-state index contributed by atoms with van der Waals surface area (Å²) in [5.74, 6) is -0.165. The number of carbonyl (C=O) groups excluding carboxylic acids is 3. The molecule has 0 radical (unpaired) electrons. The van der Waals surface area contributed by atoms with Gasteiger partial charge in [-0.05, 0) is 92.1 Å². The molecule has 3 N–H and O–H groups in total. The van der Waals surface area contributed by atoms with E-state index in [0.29, 0.717) is 37.3 Å². The van der Waals surface area contributed by atoms with E-state index in [1.807, 2.05) is 77.9 Å². The first-order chi connectivity index (χ1) is 20.3. The molecule has 234 valence electrons. The summed E-state index contributed by atoms with van der Waals surface area (Å²) in [6, 6.07) is 15.6. The number of rotatable bonds is 13. The number of ether oxygens (including phenoxy) is 2. The molecule has 2 aromatic carbocycles. The number of nitrogens with one attached hydrogen (secondary N) is 3. The molecule has 0 atom stereocenters. The highest BCUT2D eigenvalue weighted by atomic mass is 16.6. The highest BCUT2D eigenvalue weighted by Crippen LogP contribution is 2.22. The molecular formula is C33H47N5O5. The Balaban J connectivity index is 1.53. The van der Waals surface area contributed by atoms with Crippen LogP contribution in [-0.2, 0) is 9.47 Å². The van der Waals surface area contributed by atoms with E-state index in [-0.39, 0.29) is 5.91 Å². The van der Waals surface area contributed by atoms with Crippen molar-refractivity contribution in [3.8, 4) is 0 Å². The molecule has 0 saturated carbocycles. The van der Waals surface area contributed by atoms with Crippen molar-refractivity contribution in [2.75, 3.05) is 39.3 Å². The van der Waals surface area contributed by atoms with E-state index in [0.717, 1.165) is 48.6 Å². The Morgan fingerprint density at radius 3 is 1.98 bits per heavy atom. The molecule has 1 aromatic heterocycles. The molecule has 43 heavy (non-hydrogen) atoms. The number of aromatic nitrogens is 1. The normalized spacial score (nSPS) is 11.9. The zero-order valence-corrected chi connectivity index (χ0v) is 26.4. The van der Waals surface area contributed by atoms with Crippen LogP contribution in [0, 0.1) is 0 Å². The van der Waals surface area contributed by atoms with Crippen LogP contribution in [0.25, 0.3) is 21.8 Å². The maximum Gasteiger partial charge on any atom is 0.407 e. The standard InChI is InChI=1S/C33H47N5O5/c1-32(2,3)42-30(40)35-17-9-10-20-38(21-12-18-36-31(41)43-33(4,5)6)22-19-34-29(39)26-15-11-14-25-23-24-13-7-8-16-27(24)37-28(25)26/h7-8,11,13-16,23H,9-10,12,17-22H2,1-6H3,(H,34,39)(H,35,40)(H,36,41). The van der Waals surface area contributed by atoms with E-state index >= 15 is 0 Å². The summed E-state index contributed by atoms with van der Waals surface area (Å²) in [7, 11) is 0. The summed E-state index contributed by atoms with van der Waals surface area (Å²) >= 11 is 0. The number of fused-ring (bicyclic) bond motifs is 2. The van der Waals surface area contributed by atoms with E-state index in [2.05, 4.69) is 26.9 Å². The predicted octanol–water partition coefficient (Wildman–Crippen LogP) is 5.64. The second kappa shape index (κ2) is 15.5. The number of nitrogens with zero attached hydrogens (tertiary/aromatic N) is 2. The van der Waals surface area contributed by atoms with Gasteiger partial charge in [0.2, 0.25) is 0 Å². The molecule has 0 aliphatic heterocycles. The Kier molecular flexibility index (Phi) is 12.1. The lowest BCUT2D eigenvalue weighted by Gasteiger charge is -2.23. The van der Waals surface area contributed by atoms with Crippen LogP contribution >= 0.6 is 0 Å². The van der Waals surface area contributed by atoms with Crippen LogP contribution in [0.3, 0.4) is 0 Å². The number of pyridine rings is 1. The van der Waals surface area contributed by atoms with Crippen LogP contribution in [0.4, 0.5) is 9.59 Å². The molecule has 3 rings (SSSR count). The summed E-state index contributed by atoms with van der Waals surface area (Å²) in [4.78, 5) is 44.1. The third-order valence-corrected chi connectivity index (χ3v) is 6.39. The fraction of sp³-hybridized carbons (Fsp3) is 0.515. The zero-order valence-electron chi connectivity index (χ0n) is 26.4. The lowest BCUT2D eigenvalue weighted by molar-refractivity contribution is 0.0513. The fourth-order valence-electron chi connectivity index (χ4n) is 4.52. The number of carbonyl (C=O) groups is 3.